The van der Waals surface area contributed by atoms with Gasteiger partial charge in [0.15, 0.2) is 0 Å². The van der Waals surface area contributed by atoms with Gasteiger partial charge < -0.3 is 30.9 Å². The minimum Gasteiger partial charge on any atom is -0.548 e. The SMILES string of the molecule is CC(=O)NC(CSSCC(N)C(=O)[O-])C(=O)[O-]. The summed E-state index contributed by atoms with van der Waals surface area (Å²) in [5.74, 6) is -3.08. The Balaban J connectivity index is 3.87. The molecule has 0 rings (SSSR count). The van der Waals surface area contributed by atoms with Crippen LogP contribution in [0.2, 0.25) is 0 Å². The first-order valence-corrected chi connectivity index (χ1v) is 7.02. The van der Waals surface area contributed by atoms with Crippen molar-refractivity contribution in [2.75, 3.05) is 11.5 Å². The van der Waals surface area contributed by atoms with Crippen LogP contribution in [0, 0.1) is 0 Å². The van der Waals surface area contributed by atoms with E-state index in [0.29, 0.717) is 0 Å². The number of carbonyl (C=O) groups excluding carboxylic acids is 3. The molecule has 0 spiro atoms. The number of carboxylic acid groups (broad SMARTS) is 2. The topological polar surface area (TPSA) is 135 Å². The molecule has 1 amide bonds. The van der Waals surface area contributed by atoms with Crippen molar-refractivity contribution in [3.8, 4) is 0 Å². The monoisotopic (exact) mass is 280 g/mol. The van der Waals surface area contributed by atoms with Gasteiger partial charge in [0, 0.05) is 18.4 Å². The molecule has 0 radical (unpaired) electrons. The van der Waals surface area contributed by atoms with Gasteiger partial charge in [-0.05, 0) is 0 Å². The second kappa shape index (κ2) is 8.20. The van der Waals surface area contributed by atoms with E-state index >= 15 is 0 Å². The normalized spacial score (nSPS) is 13.8. The fourth-order valence-electron chi connectivity index (χ4n) is 0.720. The molecule has 2 unspecified atom stereocenters. The number of carbonyl (C=O) groups is 3. The highest BCUT2D eigenvalue weighted by Gasteiger charge is 2.12. The van der Waals surface area contributed by atoms with Crippen LogP contribution < -0.4 is 21.3 Å². The van der Waals surface area contributed by atoms with Gasteiger partial charge in [0.2, 0.25) is 5.91 Å². The predicted molar refractivity (Wildman–Crippen MR) is 60.5 cm³/mol. The summed E-state index contributed by atoms with van der Waals surface area (Å²) in [5, 5.41) is 23.1. The molecule has 0 aromatic carbocycles. The molecular formula is C8H12N2O5S2-2. The Kier molecular flexibility index (Phi) is 7.75. The van der Waals surface area contributed by atoms with Gasteiger partial charge in [0.05, 0.1) is 24.0 Å². The fourth-order valence-corrected chi connectivity index (χ4v) is 2.98. The molecule has 3 N–H and O–H groups in total. The summed E-state index contributed by atoms with van der Waals surface area (Å²) >= 11 is 0. The molecule has 7 nitrogen and oxygen atoms in total. The summed E-state index contributed by atoms with van der Waals surface area (Å²) in [6.07, 6.45) is 0. The zero-order valence-electron chi connectivity index (χ0n) is 9.00. The van der Waals surface area contributed by atoms with Gasteiger partial charge in [0.25, 0.3) is 0 Å². The predicted octanol–water partition coefficient (Wildman–Crippen LogP) is -3.30. The molecule has 9 heteroatoms. The molecule has 0 aromatic heterocycles. The first kappa shape index (κ1) is 16.1. The van der Waals surface area contributed by atoms with Gasteiger partial charge in [-0.2, -0.15) is 0 Å². The second-order valence-electron chi connectivity index (χ2n) is 3.07. The number of carboxylic acids is 2. The van der Waals surface area contributed by atoms with E-state index in [9.17, 15) is 24.6 Å². The van der Waals surface area contributed by atoms with Crippen LogP contribution in [-0.4, -0.2) is 41.4 Å². The summed E-state index contributed by atoms with van der Waals surface area (Å²) in [5.41, 5.74) is 5.18. The lowest BCUT2D eigenvalue weighted by atomic mass is 10.3. The molecular weight excluding hydrogens is 268 g/mol. The van der Waals surface area contributed by atoms with Crippen LogP contribution in [0.3, 0.4) is 0 Å². The van der Waals surface area contributed by atoms with Crippen molar-refractivity contribution in [1.29, 1.82) is 0 Å². The Morgan fingerprint density at radius 2 is 1.71 bits per heavy atom. The van der Waals surface area contributed by atoms with E-state index in [1.807, 2.05) is 0 Å². The highest BCUT2D eigenvalue weighted by Crippen LogP contribution is 2.22. The Morgan fingerprint density at radius 1 is 1.18 bits per heavy atom. The Labute approximate surface area is 106 Å². The zero-order chi connectivity index (χ0) is 13.4. The molecule has 2 atom stereocenters. The number of hydrogen-bond acceptors (Lipinski definition) is 8. The van der Waals surface area contributed by atoms with E-state index in [-0.39, 0.29) is 11.5 Å². The highest BCUT2D eigenvalue weighted by atomic mass is 33.1. The van der Waals surface area contributed by atoms with Crippen LogP contribution in [-0.2, 0) is 14.4 Å². The van der Waals surface area contributed by atoms with Gasteiger partial charge in [-0.1, -0.05) is 21.6 Å². The Hall–Kier alpha value is -0.930. The van der Waals surface area contributed by atoms with E-state index in [1.165, 1.54) is 6.92 Å². The van der Waals surface area contributed by atoms with Gasteiger partial charge in [0.1, 0.15) is 0 Å². The molecule has 0 heterocycles. The van der Waals surface area contributed by atoms with E-state index in [2.05, 4.69) is 5.32 Å². The molecule has 98 valence electrons. The van der Waals surface area contributed by atoms with E-state index < -0.39 is 29.9 Å². The lowest BCUT2D eigenvalue weighted by Crippen LogP contribution is -2.48. The quantitative estimate of drug-likeness (QED) is 0.348. The van der Waals surface area contributed by atoms with E-state index in [4.69, 9.17) is 5.73 Å². The molecule has 0 fully saturated rings. The average molecular weight is 280 g/mol. The molecule has 0 aliphatic carbocycles. The van der Waals surface area contributed by atoms with E-state index in [0.717, 1.165) is 21.6 Å². The lowest BCUT2D eigenvalue weighted by Gasteiger charge is -2.18. The maximum absolute atomic E-state index is 10.7. The van der Waals surface area contributed by atoms with Crippen molar-refractivity contribution >= 4 is 39.4 Å². The third kappa shape index (κ3) is 7.88. The van der Waals surface area contributed by atoms with E-state index in [1.54, 1.807) is 0 Å². The van der Waals surface area contributed by atoms with Crippen molar-refractivity contribution < 1.29 is 24.6 Å². The third-order valence-electron chi connectivity index (χ3n) is 1.53. The summed E-state index contributed by atoms with van der Waals surface area (Å²) in [6, 6.07) is -2.21. The van der Waals surface area contributed by atoms with Gasteiger partial charge >= 0.3 is 0 Å². The molecule has 0 bridgehead atoms. The number of amides is 1. The molecule has 0 saturated heterocycles. The first-order valence-electron chi connectivity index (χ1n) is 4.53. The van der Waals surface area contributed by atoms with Crippen LogP contribution in [0.5, 0.6) is 0 Å². The first-order chi connectivity index (χ1) is 7.84. The van der Waals surface area contributed by atoms with Crippen LogP contribution in [0.25, 0.3) is 0 Å². The third-order valence-corrected chi connectivity index (χ3v) is 3.98. The Bertz CT molecular complexity index is 300. The van der Waals surface area contributed by atoms with Gasteiger partial charge in [-0.25, -0.2) is 0 Å². The number of nitrogens with two attached hydrogens (primary N) is 1. The number of aliphatic carboxylic acids is 2. The van der Waals surface area contributed by atoms with Crippen molar-refractivity contribution in [1.82, 2.24) is 5.32 Å². The number of nitrogens with one attached hydrogen (secondary N) is 1. The maximum Gasteiger partial charge on any atom is 0.217 e. The summed E-state index contributed by atoms with van der Waals surface area (Å²) in [7, 11) is 2.18. The van der Waals surface area contributed by atoms with Crippen LogP contribution >= 0.6 is 21.6 Å². The smallest absolute Gasteiger partial charge is 0.217 e. The summed E-state index contributed by atoms with van der Waals surface area (Å²) in [4.78, 5) is 31.5. The van der Waals surface area contributed by atoms with Crippen LogP contribution in [0.1, 0.15) is 6.92 Å². The minimum absolute atomic E-state index is 0.0619. The second-order valence-corrected chi connectivity index (χ2v) is 5.62. The van der Waals surface area contributed by atoms with Crippen molar-refractivity contribution in [2.45, 2.75) is 19.0 Å². The Morgan fingerprint density at radius 3 is 2.12 bits per heavy atom. The van der Waals surface area contributed by atoms with Crippen molar-refractivity contribution in [2.24, 2.45) is 5.73 Å². The summed E-state index contributed by atoms with van der Waals surface area (Å²) in [6.45, 7) is 1.19. The number of rotatable bonds is 8. The fraction of sp³-hybridized carbons (Fsp3) is 0.625. The maximum atomic E-state index is 10.7. The molecule has 0 aromatic rings. The summed E-state index contributed by atoms with van der Waals surface area (Å²) < 4.78 is 0. The molecule has 17 heavy (non-hydrogen) atoms. The number of hydrogen-bond donors (Lipinski definition) is 2. The molecule has 0 aliphatic heterocycles. The standard InChI is InChI=1S/C8H14N2O5S2/c1-4(11)10-6(8(14)15)3-17-16-2-5(9)7(12)13/h5-6H,2-3,9H2,1H3,(H,10,11)(H,12,13)(H,14,15)/p-2. The lowest BCUT2D eigenvalue weighted by molar-refractivity contribution is -0.308. The highest BCUT2D eigenvalue weighted by molar-refractivity contribution is 8.76. The van der Waals surface area contributed by atoms with Gasteiger partial charge in [-0.3, -0.25) is 4.79 Å². The molecule has 0 aliphatic rings. The zero-order valence-corrected chi connectivity index (χ0v) is 10.6. The molecule has 0 saturated carbocycles. The van der Waals surface area contributed by atoms with Crippen LogP contribution in [0.4, 0.5) is 0 Å². The largest absolute Gasteiger partial charge is 0.548 e. The average Bonchev–Trinajstić information content (AvgIpc) is 2.21. The van der Waals surface area contributed by atoms with Gasteiger partial charge in [-0.15, -0.1) is 0 Å². The van der Waals surface area contributed by atoms with Crippen LogP contribution in [0.15, 0.2) is 0 Å². The van der Waals surface area contributed by atoms with Crippen molar-refractivity contribution in [3.05, 3.63) is 0 Å². The van der Waals surface area contributed by atoms with Crippen molar-refractivity contribution in [3.63, 3.8) is 0 Å². The minimum atomic E-state index is -1.39.